The van der Waals surface area contributed by atoms with Gasteiger partial charge in [0.2, 0.25) is 0 Å². The van der Waals surface area contributed by atoms with E-state index >= 15 is 0 Å². The summed E-state index contributed by atoms with van der Waals surface area (Å²) in [4.78, 5) is 8.99. The van der Waals surface area contributed by atoms with Crippen LogP contribution in [0.5, 0.6) is 0 Å². The Morgan fingerprint density at radius 3 is 2.53 bits per heavy atom. The number of nitrogens with zero attached hydrogens (tertiary/aromatic N) is 2. The van der Waals surface area contributed by atoms with Crippen molar-refractivity contribution in [2.24, 2.45) is 0 Å². The third-order valence-electron chi connectivity index (χ3n) is 3.11. The number of aromatic nitrogens is 2. The summed E-state index contributed by atoms with van der Waals surface area (Å²) in [5.41, 5.74) is 3.25. The van der Waals surface area contributed by atoms with Gasteiger partial charge in [-0.15, -0.1) is 0 Å². The average Bonchev–Trinajstić information content (AvgIpc) is 2.38. The summed E-state index contributed by atoms with van der Waals surface area (Å²) in [6.07, 6.45) is 3.78. The third-order valence-corrected chi connectivity index (χ3v) is 3.11. The largest absolute Gasteiger partial charge is 0.254 e. The van der Waals surface area contributed by atoms with Gasteiger partial charge in [-0.25, -0.2) is 0 Å². The first-order chi connectivity index (χ1) is 8.25. The number of rotatable bonds is 1. The predicted octanol–water partition coefficient (Wildman–Crippen LogP) is 3.91. The molecule has 1 aromatic carbocycles. The van der Waals surface area contributed by atoms with E-state index in [4.69, 9.17) is 0 Å². The molecule has 2 nitrogen and oxygen atoms in total. The van der Waals surface area contributed by atoms with Gasteiger partial charge in [-0.3, -0.25) is 9.97 Å². The molecule has 0 aliphatic heterocycles. The molecule has 2 heteroatoms. The molecule has 2 heterocycles. The Morgan fingerprint density at radius 2 is 1.71 bits per heavy atom. The second-order valence-electron chi connectivity index (χ2n) is 4.64. The van der Waals surface area contributed by atoms with E-state index in [1.54, 1.807) is 0 Å². The zero-order chi connectivity index (χ0) is 11.8. The quantitative estimate of drug-likeness (QED) is 0.583. The molecule has 0 aliphatic carbocycles. The van der Waals surface area contributed by atoms with Gasteiger partial charge < -0.3 is 0 Å². The smallest absolute Gasteiger partial charge is 0.0964 e. The van der Waals surface area contributed by atoms with E-state index in [0.717, 1.165) is 16.4 Å². The molecule has 0 spiro atoms. The molecule has 0 atom stereocenters. The van der Waals surface area contributed by atoms with Crippen LogP contribution in [0.4, 0.5) is 0 Å². The Kier molecular flexibility index (Phi) is 2.29. The van der Waals surface area contributed by atoms with Crippen LogP contribution in [-0.4, -0.2) is 9.97 Å². The van der Waals surface area contributed by atoms with Crippen molar-refractivity contribution in [1.29, 1.82) is 0 Å². The van der Waals surface area contributed by atoms with Gasteiger partial charge in [-0.1, -0.05) is 32.0 Å². The number of pyridine rings is 2. The molecule has 17 heavy (non-hydrogen) atoms. The van der Waals surface area contributed by atoms with Crippen LogP contribution in [-0.2, 0) is 0 Å². The fourth-order valence-electron chi connectivity index (χ4n) is 2.07. The minimum absolute atomic E-state index is 0.506. The molecule has 84 valence electrons. The number of fused-ring (bicyclic) bond motifs is 3. The highest BCUT2D eigenvalue weighted by molar-refractivity contribution is 6.02. The first-order valence-corrected chi connectivity index (χ1v) is 5.89. The van der Waals surface area contributed by atoms with Crippen LogP contribution >= 0.6 is 0 Å². The first-order valence-electron chi connectivity index (χ1n) is 5.89. The number of benzene rings is 1. The van der Waals surface area contributed by atoms with Gasteiger partial charge in [0.1, 0.15) is 0 Å². The fourth-order valence-corrected chi connectivity index (χ4v) is 2.07. The van der Waals surface area contributed by atoms with Crippen molar-refractivity contribution >= 4 is 21.8 Å². The summed E-state index contributed by atoms with van der Waals surface area (Å²) < 4.78 is 0. The molecule has 0 aliphatic rings. The highest BCUT2D eigenvalue weighted by Gasteiger charge is 2.05. The summed E-state index contributed by atoms with van der Waals surface area (Å²) in [5, 5.41) is 2.31. The SMILES string of the molecule is CC(C)c1cnc2c(ccc3cccnc32)c1. The molecular formula is C15H14N2. The summed E-state index contributed by atoms with van der Waals surface area (Å²) in [5.74, 6) is 0.506. The zero-order valence-corrected chi connectivity index (χ0v) is 10.0. The van der Waals surface area contributed by atoms with Crippen molar-refractivity contribution in [3.8, 4) is 0 Å². The number of hydrogen-bond donors (Lipinski definition) is 0. The monoisotopic (exact) mass is 222 g/mol. The first kappa shape index (κ1) is 10.2. The summed E-state index contributed by atoms with van der Waals surface area (Å²) in [6.45, 7) is 4.37. The summed E-state index contributed by atoms with van der Waals surface area (Å²) in [6, 6.07) is 10.5. The van der Waals surface area contributed by atoms with Crippen molar-refractivity contribution in [1.82, 2.24) is 9.97 Å². The minimum atomic E-state index is 0.506. The van der Waals surface area contributed by atoms with Crippen molar-refractivity contribution < 1.29 is 0 Å². The zero-order valence-electron chi connectivity index (χ0n) is 10.0. The maximum Gasteiger partial charge on any atom is 0.0964 e. The van der Waals surface area contributed by atoms with E-state index in [0.29, 0.717) is 5.92 Å². The van der Waals surface area contributed by atoms with E-state index < -0.39 is 0 Å². The Hall–Kier alpha value is -1.96. The van der Waals surface area contributed by atoms with Crippen LogP contribution in [0.1, 0.15) is 25.3 Å². The molecule has 0 N–H and O–H groups in total. The Morgan fingerprint density at radius 1 is 0.941 bits per heavy atom. The molecular weight excluding hydrogens is 208 g/mol. The predicted molar refractivity (Wildman–Crippen MR) is 71.1 cm³/mol. The molecule has 0 amide bonds. The fraction of sp³-hybridized carbons (Fsp3) is 0.200. The van der Waals surface area contributed by atoms with E-state index in [-0.39, 0.29) is 0 Å². The lowest BCUT2D eigenvalue weighted by molar-refractivity contribution is 0.862. The van der Waals surface area contributed by atoms with Gasteiger partial charge in [0.05, 0.1) is 11.0 Å². The molecule has 2 aromatic heterocycles. The van der Waals surface area contributed by atoms with Crippen LogP contribution < -0.4 is 0 Å². The van der Waals surface area contributed by atoms with Crippen molar-refractivity contribution in [2.45, 2.75) is 19.8 Å². The second-order valence-corrected chi connectivity index (χ2v) is 4.64. The molecule has 0 bridgehead atoms. The second kappa shape index (κ2) is 3.81. The van der Waals surface area contributed by atoms with Crippen LogP contribution in [0.15, 0.2) is 42.7 Å². The lowest BCUT2D eigenvalue weighted by Gasteiger charge is -2.07. The van der Waals surface area contributed by atoms with Gasteiger partial charge in [0.25, 0.3) is 0 Å². The summed E-state index contributed by atoms with van der Waals surface area (Å²) in [7, 11) is 0. The van der Waals surface area contributed by atoms with E-state index in [9.17, 15) is 0 Å². The van der Waals surface area contributed by atoms with Gasteiger partial charge in [-0.05, 0) is 23.6 Å². The van der Waals surface area contributed by atoms with E-state index in [1.807, 2.05) is 18.5 Å². The Bertz CT molecular complexity index is 687. The molecule has 0 unspecified atom stereocenters. The van der Waals surface area contributed by atoms with Crippen molar-refractivity contribution in [2.75, 3.05) is 0 Å². The van der Waals surface area contributed by atoms with Crippen LogP contribution in [0.2, 0.25) is 0 Å². The van der Waals surface area contributed by atoms with Gasteiger partial charge >= 0.3 is 0 Å². The topological polar surface area (TPSA) is 25.8 Å². The average molecular weight is 222 g/mol. The lowest BCUT2D eigenvalue weighted by atomic mass is 10.0. The number of hydrogen-bond acceptors (Lipinski definition) is 2. The molecule has 0 fully saturated rings. The minimum Gasteiger partial charge on any atom is -0.254 e. The Balaban J connectivity index is 2.37. The van der Waals surface area contributed by atoms with Gasteiger partial charge in [0.15, 0.2) is 0 Å². The Labute approximate surface area is 100 Å². The van der Waals surface area contributed by atoms with Crippen LogP contribution in [0, 0.1) is 0 Å². The normalized spacial score (nSPS) is 11.5. The summed E-state index contributed by atoms with van der Waals surface area (Å²) >= 11 is 0. The highest BCUT2D eigenvalue weighted by Crippen LogP contribution is 2.24. The highest BCUT2D eigenvalue weighted by atomic mass is 14.7. The molecule has 3 rings (SSSR count). The molecule has 0 radical (unpaired) electrons. The van der Waals surface area contributed by atoms with Gasteiger partial charge in [0, 0.05) is 23.2 Å². The standard InChI is InChI=1S/C15H14N2/c1-10(2)13-8-12-6-5-11-4-3-7-16-14(11)15(12)17-9-13/h3-10H,1-2H3. The lowest BCUT2D eigenvalue weighted by Crippen LogP contribution is -1.91. The van der Waals surface area contributed by atoms with Crippen molar-refractivity contribution in [3.63, 3.8) is 0 Å². The molecule has 0 saturated heterocycles. The van der Waals surface area contributed by atoms with E-state index in [2.05, 4.69) is 48.1 Å². The molecule has 0 saturated carbocycles. The van der Waals surface area contributed by atoms with Crippen LogP contribution in [0.25, 0.3) is 21.8 Å². The van der Waals surface area contributed by atoms with E-state index in [1.165, 1.54) is 10.9 Å². The van der Waals surface area contributed by atoms with Gasteiger partial charge in [-0.2, -0.15) is 0 Å². The maximum absolute atomic E-state index is 4.57. The van der Waals surface area contributed by atoms with Crippen molar-refractivity contribution in [3.05, 3.63) is 48.3 Å². The molecule has 3 aromatic rings. The van der Waals surface area contributed by atoms with Crippen LogP contribution in [0.3, 0.4) is 0 Å². The maximum atomic E-state index is 4.57. The third kappa shape index (κ3) is 1.66.